The van der Waals surface area contributed by atoms with E-state index in [0.29, 0.717) is 22.6 Å². The second-order valence-corrected chi connectivity index (χ2v) is 11.5. The van der Waals surface area contributed by atoms with Crippen LogP contribution < -0.4 is 4.74 Å². The van der Waals surface area contributed by atoms with Gasteiger partial charge in [-0.05, 0) is 95.9 Å². The number of ether oxygens (including phenoxy) is 1. The lowest BCUT2D eigenvalue weighted by atomic mass is 9.65. The monoisotopic (exact) mass is 532 g/mol. The smallest absolute Gasteiger partial charge is 0.343 e. The molecule has 0 heterocycles. The highest BCUT2D eigenvalue weighted by molar-refractivity contribution is 6.28. The molecule has 1 unspecified atom stereocenters. The lowest BCUT2D eigenvalue weighted by molar-refractivity contribution is 0.0733. The van der Waals surface area contributed by atoms with Crippen LogP contribution in [0, 0.1) is 13.8 Å². The fourth-order valence-corrected chi connectivity index (χ4v) is 6.07. The van der Waals surface area contributed by atoms with Gasteiger partial charge in [0.15, 0.2) is 5.78 Å². The Balaban J connectivity index is 1.39. The highest BCUT2D eigenvalue weighted by Gasteiger charge is 2.36. The average Bonchev–Trinajstić information content (AvgIpc) is 2.98. The number of phenolic OH excluding ortho intramolecular Hbond substituents is 1. The van der Waals surface area contributed by atoms with Crippen molar-refractivity contribution in [1.82, 2.24) is 0 Å². The van der Waals surface area contributed by atoms with E-state index in [1.807, 2.05) is 65.0 Å². The summed E-state index contributed by atoms with van der Waals surface area (Å²) in [4.78, 5) is 25.8. The summed E-state index contributed by atoms with van der Waals surface area (Å²) in [6.45, 7) is 5.95. The normalized spacial score (nSPS) is 15.5. The third kappa shape index (κ3) is 5.30. The minimum atomic E-state index is -0.404. The van der Waals surface area contributed by atoms with Crippen molar-refractivity contribution >= 4 is 30.4 Å². The number of Topliss-reactive ketones (excluding diaryl/α,β-unsaturated/α-hetero) is 1. The van der Waals surface area contributed by atoms with Crippen molar-refractivity contribution < 1.29 is 19.4 Å². The summed E-state index contributed by atoms with van der Waals surface area (Å²) in [6.07, 6.45) is 6.46. The number of benzene rings is 4. The predicted molar refractivity (Wildman–Crippen MR) is 164 cm³/mol. The molecule has 0 amide bonds. The van der Waals surface area contributed by atoms with E-state index in [1.165, 1.54) is 17.5 Å². The van der Waals surface area contributed by atoms with Crippen LogP contribution in [0.4, 0.5) is 0 Å². The van der Waals surface area contributed by atoms with Gasteiger partial charge >= 0.3 is 5.97 Å². The maximum Gasteiger partial charge on any atom is 0.343 e. The number of fused-ring (bicyclic) bond motifs is 1. The maximum atomic E-state index is 13.2. The maximum absolute atomic E-state index is 13.2. The Labute approximate surface area is 237 Å². The topological polar surface area (TPSA) is 63.6 Å². The Morgan fingerprint density at radius 3 is 2.05 bits per heavy atom. The van der Waals surface area contributed by atoms with Gasteiger partial charge in [0.05, 0.1) is 5.56 Å². The van der Waals surface area contributed by atoms with Crippen LogP contribution in [-0.4, -0.2) is 24.7 Å². The summed E-state index contributed by atoms with van der Waals surface area (Å²) in [7, 11) is 1.95. The van der Waals surface area contributed by atoms with E-state index in [4.69, 9.17) is 4.74 Å². The minimum Gasteiger partial charge on any atom is -0.508 e. The number of carbonyl (C=O) groups is 2. The summed E-state index contributed by atoms with van der Waals surface area (Å²) >= 11 is 0. The Hall–Kier alpha value is -3.86. The molecular weight excluding hydrogens is 495 g/mol. The Kier molecular flexibility index (Phi) is 7.84. The third-order valence-corrected chi connectivity index (χ3v) is 8.81. The van der Waals surface area contributed by atoms with Crippen molar-refractivity contribution in [2.75, 3.05) is 0 Å². The van der Waals surface area contributed by atoms with Crippen molar-refractivity contribution in [2.45, 2.75) is 70.5 Å². The number of aryl methyl sites for hydroxylation is 2. The van der Waals surface area contributed by atoms with Gasteiger partial charge in [-0.3, -0.25) is 4.79 Å². The summed E-state index contributed by atoms with van der Waals surface area (Å²) in [6, 6.07) is 23.2. The van der Waals surface area contributed by atoms with Crippen LogP contribution in [0.2, 0.25) is 5.82 Å². The van der Waals surface area contributed by atoms with Crippen molar-refractivity contribution in [1.29, 1.82) is 0 Å². The molecule has 1 saturated carbocycles. The van der Waals surface area contributed by atoms with Crippen LogP contribution in [0.25, 0.3) is 10.8 Å². The van der Waals surface area contributed by atoms with Crippen molar-refractivity contribution in [3.8, 4) is 11.5 Å². The first-order valence-corrected chi connectivity index (χ1v) is 14.4. The molecule has 0 radical (unpaired) electrons. The van der Waals surface area contributed by atoms with Crippen LogP contribution in [0.3, 0.4) is 0 Å². The molecule has 0 bridgehead atoms. The number of hydrogen-bond acceptors (Lipinski definition) is 4. The summed E-state index contributed by atoms with van der Waals surface area (Å²) in [5.74, 6) is 0.596. The standard InChI is InChI=1S/C35H37BO4/c1-4-30(36)33(38)26-10-8-25-21-27(11-9-24(25)20-26)34(39)40-32-15-13-29(19-23(32)3)35(16-6-5-7-17-35)28-12-14-31(37)22(2)18-28/h8-15,18-21,30,37H,4-7,16-17,36H2,1-3H3. The Morgan fingerprint density at radius 2 is 1.43 bits per heavy atom. The average molecular weight is 532 g/mol. The van der Waals surface area contributed by atoms with Crippen molar-refractivity contribution in [3.63, 3.8) is 0 Å². The molecule has 0 aromatic heterocycles. The number of esters is 1. The molecule has 4 nitrogen and oxygen atoms in total. The SMILES string of the molecule is BC(CC)C(=O)c1ccc2cc(C(=O)Oc3ccc(C4(c5ccc(O)c(C)c5)CCCCC4)cc3C)ccc2c1. The van der Waals surface area contributed by atoms with E-state index < -0.39 is 5.97 Å². The molecule has 1 N–H and O–H groups in total. The van der Waals surface area contributed by atoms with E-state index in [-0.39, 0.29) is 17.0 Å². The molecule has 1 fully saturated rings. The van der Waals surface area contributed by atoms with Crippen LogP contribution in [0.1, 0.15) is 88.4 Å². The first-order chi connectivity index (χ1) is 19.2. The van der Waals surface area contributed by atoms with Gasteiger partial charge in [-0.1, -0.05) is 75.1 Å². The van der Waals surface area contributed by atoms with Gasteiger partial charge in [0.25, 0.3) is 0 Å². The third-order valence-electron chi connectivity index (χ3n) is 8.81. The Morgan fingerprint density at radius 1 is 0.825 bits per heavy atom. The first kappa shape index (κ1) is 27.7. The fourth-order valence-electron chi connectivity index (χ4n) is 6.07. The van der Waals surface area contributed by atoms with Gasteiger partial charge in [0, 0.05) is 11.0 Å². The van der Waals surface area contributed by atoms with Crippen molar-refractivity contribution in [3.05, 3.63) is 106 Å². The second-order valence-electron chi connectivity index (χ2n) is 11.5. The molecular formula is C35H37BO4. The number of carbonyl (C=O) groups excluding carboxylic acids is 2. The van der Waals surface area contributed by atoms with Gasteiger partial charge in [-0.2, -0.15) is 0 Å². The minimum absolute atomic E-state index is 0.0143. The largest absolute Gasteiger partial charge is 0.508 e. The zero-order valence-electron chi connectivity index (χ0n) is 23.9. The van der Waals surface area contributed by atoms with Crippen LogP contribution in [0.15, 0.2) is 72.8 Å². The molecule has 0 spiro atoms. The van der Waals surface area contributed by atoms with E-state index >= 15 is 0 Å². The summed E-state index contributed by atoms with van der Waals surface area (Å²) in [5, 5.41) is 11.9. The number of hydrogen-bond donors (Lipinski definition) is 1. The predicted octanol–water partition coefficient (Wildman–Crippen LogP) is 7.65. The molecule has 1 atom stereocenters. The van der Waals surface area contributed by atoms with Crippen LogP contribution in [0.5, 0.6) is 11.5 Å². The highest BCUT2D eigenvalue weighted by atomic mass is 16.5. The lowest BCUT2D eigenvalue weighted by Gasteiger charge is -2.39. The van der Waals surface area contributed by atoms with Gasteiger partial charge in [-0.25, -0.2) is 4.79 Å². The molecule has 4 aromatic rings. The summed E-state index contributed by atoms with van der Waals surface area (Å²) in [5.41, 5.74) is 5.32. The molecule has 1 aliphatic carbocycles. The van der Waals surface area contributed by atoms with Crippen LogP contribution in [-0.2, 0) is 5.41 Å². The zero-order valence-corrected chi connectivity index (χ0v) is 23.9. The number of phenols is 1. The lowest BCUT2D eigenvalue weighted by Crippen LogP contribution is -2.30. The number of rotatable bonds is 7. The fraction of sp³-hybridized carbons (Fsp3) is 0.314. The second kappa shape index (κ2) is 11.3. The van der Waals surface area contributed by atoms with E-state index in [0.717, 1.165) is 54.0 Å². The number of aromatic hydroxyl groups is 1. The molecule has 1 aliphatic rings. The molecule has 40 heavy (non-hydrogen) atoms. The molecule has 4 aromatic carbocycles. The molecule has 0 aliphatic heterocycles. The van der Waals surface area contributed by atoms with E-state index in [9.17, 15) is 14.7 Å². The molecule has 0 saturated heterocycles. The number of ketones is 1. The quantitative estimate of drug-likeness (QED) is 0.115. The zero-order chi connectivity index (χ0) is 28.4. The van der Waals surface area contributed by atoms with E-state index in [2.05, 4.69) is 24.3 Å². The Bertz CT molecular complexity index is 1580. The summed E-state index contributed by atoms with van der Waals surface area (Å²) < 4.78 is 5.88. The molecule has 204 valence electrons. The van der Waals surface area contributed by atoms with Crippen LogP contribution >= 0.6 is 0 Å². The molecule has 5 heteroatoms. The van der Waals surface area contributed by atoms with Crippen molar-refractivity contribution in [2.24, 2.45) is 0 Å². The van der Waals surface area contributed by atoms with Gasteiger partial charge < -0.3 is 9.84 Å². The van der Waals surface area contributed by atoms with Gasteiger partial charge in [-0.15, -0.1) is 0 Å². The van der Waals surface area contributed by atoms with E-state index in [1.54, 1.807) is 12.1 Å². The van der Waals surface area contributed by atoms with Gasteiger partial charge in [0.1, 0.15) is 19.3 Å². The first-order valence-electron chi connectivity index (χ1n) is 14.4. The molecule has 5 rings (SSSR count). The van der Waals surface area contributed by atoms with Gasteiger partial charge in [0.2, 0.25) is 0 Å². The highest BCUT2D eigenvalue weighted by Crippen LogP contribution is 2.46.